The summed E-state index contributed by atoms with van der Waals surface area (Å²) in [5, 5.41) is 14.3. The minimum Gasteiger partial charge on any atom is -0.497 e. The average molecular weight is 794 g/mol. The highest BCUT2D eigenvalue weighted by Gasteiger charge is 2.42. The van der Waals surface area contributed by atoms with Gasteiger partial charge in [-0.15, -0.1) is 0 Å². The van der Waals surface area contributed by atoms with Crippen LogP contribution in [0.3, 0.4) is 0 Å². The van der Waals surface area contributed by atoms with Gasteiger partial charge in [-0.05, 0) is 58.7 Å². The maximum Gasteiger partial charge on any atom is 0.264 e. The minimum atomic E-state index is -1.11. The number of aromatic nitrogens is 4. The second-order valence-corrected chi connectivity index (χ2v) is 13.8. The van der Waals surface area contributed by atoms with Gasteiger partial charge in [0.25, 0.3) is 5.91 Å². The number of hydrogen-bond acceptors (Lipinski definition) is 11. The van der Waals surface area contributed by atoms with Crippen molar-refractivity contribution < 1.29 is 38.3 Å². The molecule has 1 saturated heterocycles. The van der Waals surface area contributed by atoms with Crippen LogP contribution in [0.2, 0.25) is 0 Å². The summed E-state index contributed by atoms with van der Waals surface area (Å²) in [5.74, 6) is 1.66. The predicted molar refractivity (Wildman–Crippen MR) is 219 cm³/mol. The van der Waals surface area contributed by atoms with Crippen LogP contribution < -0.4 is 24.3 Å². The first kappa shape index (κ1) is 39.0. The number of nitrogens with zero attached hydrogens (tertiary/aromatic N) is 4. The number of ether oxygens (including phenoxy) is 6. The number of anilines is 1. The molecule has 5 aromatic carbocycles. The fourth-order valence-corrected chi connectivity index (χ4v) is 7.13. The summed E-state index contributed by atoms with van der Waals surface area (Å²) in [6, 6.07) is 44.1. The van der Waals surface area contributed by atoms with Crippen LogP contribution in [-0.2, 0) is 26.5 Å². The Morgan fingerprint density at radius 2 is 1.36 bits per heavy atom. The molecule has 8 rings (SSSR count). The quantitative estimate of drug-likeness (QED) is 0.0966. The molecule has 1 aliphatic heterocycles. The number of carbonyl (C=O) groups excluding carboxylic acids is 1. The van der Waals surface area contributed by atoms with Crippen molar-refractivity contribution in [2.45, 2.75) is 37.1 Å². The molecular weight excluding hydrogens is 751 g/mol. The highest BCUT2D eigenvalue weighted by molar-refractivity contribution is 5.91. The molecule has 2 N–H and O–H groups in total. The zero-order valence-corrected chi connectivity index (χ0v) is 32.5. The smallest absolute Gasteiger partial charge is 0.264 e. The first-order valence-corrected chi connectivity index (χ1v) is 19.1. The number of amides is 1. The molecular formula is C46H43N5O8. The summed E-state index contributed by atoms with van der Waals surface area (Å²) in [6.07, 6.45) is -0.578. The van der Waals surface area contributed by atoms with Gasteiger partial charge in [-0.25, -0.2) is 4.98 Å². The van der Waals surface area contributed by atoms with Gasteiger partial charge in [0.15, 0.2) is 17.8 Å². The summed E-state index contributed by atoms with van der Waals surface area (Å²) in [5.41, 5.74) is 3.09. The van der Waals surface area contributed by atoms with Crippen molar-refractivity contribution in [1.29, 1.82) is 0 Å². The molecule has 300 valence electrons. The van der Waals surface area contributed by atoms with E-state index < -0.39 is 29.9 Å². The Morgan fingerprint density at radius 1 is 0.763 bits per heavy atom. The lowest BCUT2D eigenvalue weighted by molar-refractivity contribution is -0.118. The summed E-state index contributed by atoms with van der Waals surface area (Å²) in [7, 11) is 3.25. The highest BCUT2D eigenvalue weighted by atomic mass is 16.6. The first-order valence-electron chi connectivity index (χ1n) is 19.1. The normalized spacial score (nSPS) is 16.4. The molecule has 2 aromatic heterocycles. The number of imidazole rings is 1. The number of aliphatic hydroxyl groups is 1. The molecule has 1 amide bonds. The molecule has 0 spiro atoms. The molecule has 0 radical (unpaired) electrons. The Morgan fingerprint density at radius 3 is 1.98 bits per heavy atom. The standard InChI is InChI=1S/C46H43N5O8/c1-54-35-22-18-33(19-23-35)46(32-14-8-4-9-15-32,34-20-24-36(55-2)25-21-34)58-28-39-38(52)26-41(59-39)51-30-47-42-43(51)49-45(48-40(53)29-56-37-16-10-5-11-17-37)50-44(42)57-27-31-12-6-3-7-13-31/h3-25,30,38-39,41,52H,26-29H2,1-2H3,(H,48,49,50,53)/t38-,39+,41+/m0/s1. The molecule has 59 heavy (non-hydrogen) atoms. The van der Waals surface area contributed by atoms with Gasteiger partial charge in [0.05, 0.1) is 33.3 Å². The van der Waals surface area contributed by atoms with Crippen LogP contribution in [-0.4, -0.2) is 70.2 Å². The summed E-state index contributed by atoms with van der Waals surface area (Å²) in [4.78, 5) is 26.9. The van der Waals surface area contributed by atoms with E-state index in [9.17, 15) is 9.90 Å². The molecule has 13 heteroatoms. The van der Waals surface area contributed by atoms with Crippen LogP contribution >= 0.6 is 0 Å². The monoisotopic (exact) mass is 793 g/mol. The lowest BCUT2D eigenvalue weighted by atomic mass is 9.80. The zero-order chi connectivity index (χ0) is 40.6. The number of rotatable bonds is 16. The van der Waals surface area contributed by atoms with Gasteiger partial charge in [-0.2, -0.15) is 9.97 Å². The van der Waals surface area contributed by atoms with Crippen LogP contribution in [0.5, 0.6) is 23.1 Å². The third-order valence-electron chi connectivity index (χ3n) is 10.1. The Bertz CT molecular complexity index is 2400. The summed E-state index contributed by atoms with van der Waals surface area (Å²) >= 11 is 0. The molecule has 1 aliphatic rings. The minimum absolute atomic E-state index is 0.00553. The van der Waals surface area contributed by atoms with Gasteiger partial charge in [0.1, 0.15) is 41.8 Å². The number of fused-ring (bicyclic) bond motifs is 1. The Balaban J connectivity index is 1.08. The molecule has 0 aliphatic carbocycles. The number of aliphatic hydroxyl groups excluding tert-OH is 1. The average Bonchev–Trinajstić information content (AvgIpc) is 3.89. The van der Waals surface area contributed by atoms with E-state index in [1.54, 1.807) is 37.2 Å². The van der Waals surface area contributed by atoms with E-state index in [-0.39, 0.29) is 38.1 Å². The van der Waals surface area contributed by atoms with Crippen molar-refractivity contribution in [3.8, 4) is 23.1 Å². The van der Waals surface area contributed by atoms with Gasteiger partial charge < -0.3 is 33.5 Å². The van der Waals surface area contributed by atoms with Gasteiger partial charge >= 0.3 is 0 Å². The molecule has 0 unspecified atom stereocenters. The third-order valence-corrected chi connectivity index (χ3v) is 10.1. The molecule has 3 atom stereocenters. The molecule has 0 bridgehead atoms. The van der Waals surface area contributed by atoms with E-state index in [1.807, 2.05) is 127 Å². The summed E-state index contributed by atoms with van der Waals surface area (Å²) in [6.45, 7) is -0.0453. The van der Waals surface area contributed by atoms with Gasteiger partial charge in [0, 0.05) is 6.42 Å². The molecule has 13 nitrogen and oxygen atoms in total. The Kier molecular flexibility index (Phi) is 11.8. The van der Waals surface area contributed by atoms with Crippen LogP contribution in [0.15, 0.2) is 146 Å². The molecule has 7 aromatic rings. The van der Waals surface area contributed by atoms with Gasteiger partial charge in [-0.3, -0.25) is 14.7 Å². The first-order chi connectivity index (χ1) is 28.9. The van der Waals surface area contributed by atoms with E-state index in [4.69, 9.17) is 28.4 Å². The van der Waals surface area contributed by atoms with Crippen molar-refractivity contribution in [2.24, 2.45) is 0 Å². The predicted octanol–water partition coefficient (Wildman–Crippen LogP) is 7.10. The molecule has 1 fully saturated rings. The molecule has 0 saturated carbocycles. The highest BCUT2D eigenvalue weighted by Crippen LogP contribution is 2.43. The Hall–Kier alpha value is -6.80. The van der Waals surface area contributed by atoms with Crippen LogP contribution in [0.1, 0.15) is 34.9 Å². The van der Waals surface area contributed by atoms with Crippen molar-refractivity contribution in [1.82, 2.24) is 19.5 Å². The number of carbonyl (C=O) groups is 1. The number of nitrogens with one attached hydrogen (secondary N) is 1. The van der Waals surface area contributed by atoms with Crippen LogP contribution in [0.4, 0.5) is 5.95 Å². The fourth-order valence-electron chi connectivity index (χ4n) is 7.13. The van der Waals surface area contributed by atoms with E-state index in [0.29, 0.717) is 28.4 Å². The van der Waals surface area contributed by atoms with E-state index >= 15 is 0 Å². The number of hydrogen-bond donors (Lipinski definition) is 2. The maximum atomic E-state index is 13.0. The van der Waals surface area contributed by atoms with Crippen molar-refractivity contribution in [2.75, 3.05) is 32.8 Å². The van der Waals surface area contributed by atoms with Crippen molar-refractivity contribution in [3.05, 3.63) is 168 Å². The second kappa shape index (κ2) is 17.8. The number of methoxy groups -OCH3 is 2. The lowest BCUT2D eigenvalue weighted by Gasteiger charge is -2.37. The second-order valence-electron chi connectivity index (χ2n) is 13.8. The number of benzene rings is 5. The maximum absolute atomic E-state index is 13.0. The number of para-hydroxylation sites is 1. The topological polar surface area (TPSA) is 148 Å². The van der Waals surface area contributed by atoms with Crippen LogP contribution in [0.25, 0.3) is 11.2 Å². The van der Waals surface area contributed by atoms with E-state index in [1.165, 1.54) is 0 Å². The van der Waals surface area contributed by atoms with E-state index in [0.717, 1.165) is 22.3 Å². The fraction of sp³-hybridized carbons (Fsp3) is 0.217. The largest absolute Gasteiger partial charge is 0.497 e. The Labute approximate surface area is 341 Å². The summed E-state index contributed by atoms with van der Waals surface area (Å²) < 4.78 is 38.1. The lowest BCUT2D eigenvalue weighted by Crippen LogP contribution is -2.38. The zero-order valence-electron chi connectivity index (χ0n) is 32.5. The molecule has 3 heterocycles. The van der Waals surface area contributed by atoms with Gasteiger partial charge in [0.2, 0.25) is 11.8 Å². The van der Waals surface area contributed by atoms with Crippen molar-refractivity contribution >= 4 is 23.0 Å². The third kappa shape index (κ3) is 8.58. The van der Waals surface area contributed by atoms with Gasteiger partial charge in [-0.1, -0.05) is 103 Å². The SMILES string of the molecule is COc1ccc(C(OC[C@H]2O[C@@H](n3cnc4c(OCc5ccccc5)nc(NC(=O)COc5ccccc5)nc43)C[C@@H]2O)(c2ccccc2)c2ccc(OC)cc2)cc1. The van der Waals surface area contributed by atoms with Crippen molar-refractivity contribution in [3.63, 3.8) is 0 Å². The van der Waals surface area contributed by atoms with Crippen LogP contribution in [0, 0.1) is 0 Å². The van der Waals surface area contributed by atoms with E-state index in [2.05, 4.69) is 20.3 Å².